The minimum Gasteiger partial charge on any atom is -0.479 e. The Kier molecular flexibility index (Phi) is 5.67. The van der Waals surface area contributed by atoms with Crippen LogP contribution in [0.3, 0.4) is 0 Å². The zero-order valence-electron chi connectivity index (χ0n) is 16.9. The Morgan fingerprint density at radius 2 is 2.16 bits per heavy atom. The van der Waals surface area contributed by atoms with Gasteiger partial charge in [-0.25, -0.2) is 14.4 Å². The number of pyridine rings is 2. The Hall–Kier alpha value is -3.71. The zero-order valence-corrected chi connectivity index (χ0v) is 17.7. The first-order valence-corrected chi connectivity index (χ1v) is 9.87. The van der Waals surface area contributed by atoms with E-state index in [4.69, 9.17) is 22.1 Å². The van der Waals surface area contributed by atoms with Gasteiger partial charge < -0.3 is 15.4 Å². The molecule has 8 nitrogen and oxygen atoms in total. The van der Waals surface area contributed by atoms with Crippen molar-refractivity contribution < 1.29 is 18.3 Å². The van der Waals surface area contributed by atoms with Crippen LogP contribution in [0.15, 0.2) is 25.0 Å². The maximum Gasteiger partial charge on any atom is 0.251 e. The second-order valence-electron chi connectivity index (χ2n) is 6.99. The molecule has 3 aromatic heterocycles. The van der Waals surface area contributed by atoms with Crippen LogP contribution in [0, 0.1) is 23.5 Å². The largest absolute Gasteiger partial charge is 0.479 e. The average molecular weight is 459 g/mol. The molecule has 1 saturated heterocycles. The summed E-state index contributed by atoms with van der Waals surface area (Å²) in [6.07, 6.45) is 4.08. The Labute approximate surface area is 186 Å². The van der Waals surface area contributed by atoms with Crippen molar-refractivity contribution in [3.63, 3.8) is 0 Å². The van der Waals surface area contributed by atoms with Crippen molar-refractivity contribution in [3.8, 4) is 17.7 Å². The summed E-state index contributed by atoms with van der Waals surface area (Å²) >= 11 is 6.39. The van der Waals surface area contributed by atoms with E-state index >= 15 is 0 Å². The number of carbonyl (C=O) groups excluding carboxylic acids is 1. The number of aromatic nitrogens is 4. The van der Waals surface area contributed by atoms with Crippen LogP contribution in [0.5, 0.6) is 5.88 Å². The predicted molar refractivity (Wildman–Crippen MR) is 114 cm³/mol. The highest BCUT2D eigenvalue weighted by Gasteiger charge is 2.30. The number of hydrogen-bond donors (Lipinski definition) is 1. The van der Waals surface area contributed by atoms with Crippen molar-refractivity contribution in [2.45, 2.75) is 12.5 Å². The number of methoxy groups -OCH3 is 1. The van der Waals surface area contributed by atoms with Crippen molar-refractivity contribution in [1.82, 2.24) is 24.6 Å². The maximum absolute atomic E-state index is 14.4. The van der Waals surface area contributed by atoms with Gasteiger partial charge in [-0.05, 0) is 18.4 Å². The van der Waals surface area contributed by atoms with E-state index in [2.05, 4.69) is 33.5 Å². The Morgan fingerprint density at radius 1 is 1.38 bits per heavy atom. The molecule has 1 aliphatic rings. The highest BCUT2D eigenvalue weighted by molar-refractivity contribution is 6.35. The number of nitrogens with two attached hydrogens (primary N) is 1. The topological polar surface area (TPSA) is 99.2 Å². The van der Waals surface area contributed by atoms with Crippen LogP contribution in [-0.2, 0) is 4.79 Å². The zero-order chi connectivity index (χ0) is 23.0. The Bertz CT molecular complexity index is 1310. The molecule has 0 saturated carbocycles. The van der Waals surface area contributed by atoms with E-state index in [-0.39, 0.29) is 34.4 Å². The number of halogens is 3. The lowest BCUT2D eigenvalue weighted by atomic mass is 10.2. The van der Waals surface area contributed by atoms with Gasteiger partial charge in [-0.1, -0.05) is 24.1 Å². The molecule has 0 aromatic carbocycles. The number of ether oxygens (including phenoxy) is 1. The first-order chi connectivity index (χ1) is 15.3. The van der Waals surface area contributed by atoms with E-state index in [1.54, 1.807) is 9.58 Å². The molecule has 0 bridgehead atoms. The standard InChI is InChI=1S/C21H17ClF2N6O2/c1-3-16(31)29-7-6-11(10-29)30-19-13(22)8-26-20(25)17(19)15(28-30)5-4-12-14(23)9-27-21(32-2)18(12)24/h3,8-9,11H,1,6-7,10H2,2H3,(H2,25,26). The molecular formula is C21H17ClF2N6O2. The first kappa shape index (κ1) is 21.5. The van der Waals surface area contributed by atoms with Crippen molar-refractivity contribution in [2.75, 3.05) is 25.9 Å². The van der Waals surface area contributed by atoms with Crippen molar-refractivity contribution in [3.05, 3.63) is 53.0 Å². The first-order valence-electron chi connectivity index (χ1n) is 9.49. The van der Waals surface area contributed by atoms with Gasteiger partial charge in [0.15, 0.2) is 5.82 Å². The number of amides is 1. The second-order valence-corrected chi connectivity index (χ2v) is 7.40. The number of carbonyl (C=O) groups is 1. The molecule has 1 amide bonds. The molecule has 3 aromatic rings. The fourth-order valence-corrected chi connectivity index (χ4v) is 3.84. The second kappa shape index (κ2) is 8.43. The quantitative estimate of drug-likeness (QED) is 0.478. The van der Waals surface area contributed by atoms with Crippen LogP contribution in [0.4, 0.5) is 14.6 Å². The number of hydrogen-bond acceptors (Lipinski definition) is 6. The van der Waals surface area contributed by atoms with Crippen molar-refractivity contribution in [2.24, 2.45) is 0 Å². The highest BCUT2D eigenvalue weighted by Crippen LogP contribution is 2.34. The van der Waals surface area contributed by atoms with Gasteiger partial charge in [0.25, 0.3) is 5.88 Å². The average Bonchev–Trinajstić information content (AvgIpc) is 3.41. The lowest BCUT2D eigenvalue weighted by Crippen LogP contribution is -2.27. The monoisotopic (exact) mass is 458 g/mol. The number of nitrogens with zero attached hydrogens (tertiary/aromatic N) is 5. The predicted octanol–water partition coefficient (Wildman–Crippen LogP) is 2.71. The van der Waals surface area contributed by atoms with Crippen LogP contribution < -0.4 is 10.5 Å². The minimum atomic E-state index is -1.03. The van der Waals surface area contributed by atoms with Gasteiger partial charge in [0.2, 0.25) is 11.7 Å². The third-order valence-electron chi connectivity index (χ3n) is 5.15. The number of likely N-dealkylation sites (tertiary alicyclic amines) is 1. The molecule has 4 rings (SSSR count). The van der Waals surface area contributed by atoms with Crippen LogP contribution in [0.25, 0.3) is 10.9 Å². The number of fused-ring (bicyclic) bond motifs is 1. The highest BCUT2D eigenvalue weighted by atomic mass is 35.5. The lowest BCUT2D eigenvalue weighted by molar-refractivity contribution is -0.125. The molecule has 1 aliphatic heterocycles. The fraction of sp³-hybridized carbons (Fsp3) is 0.238. The summed E-state index contributed by atoms with van der Waals surface area (Å²) in [5.41, 5.74) is 6.18. The van der Waals surface area contributed by atoms with Gasteiger partial charge >= 0.3 is 0 Å². The summed E-state index contributed by atoms with van der Waals surface area (Å²) in [5.74, 6) is 2.70. The van der Waals surface area contributed by atoms with Crippen LogP contribution >= 0.6 is 11.6 Å². The van der Waals surface area contributed by atoms with Gasteiger partial charge in [0, 0.05) is 13.1 Å². The summed E-state index contributed by atoms with van der Waals surface area (Å²) in [6.45, 7) is 4.41. The van der Waals surface area contributed by atoms with E-state index in [0.717, 1.165) is 6.20 Å². The molecule has 11 heteroatoms. The smallest absolute Gasteiger partial charge is 0.251 e. The molecule has 1 fully saturated rings. The molecular weight excluding hydrogens is 442 g/mol. The van der Waals surface area contributed by atoms with Gasteiger partial charge in [0.05, 0.1) is 41.5 Å². The molecule has 1 unspecified atom stereocenters. The third kappa shape index (κ3) is 3.61. The SMILES string of the molecule is C=CC(=O)N1CCC(n2nc(C#Cc3c(F)cnc(OC)c3F)c3c(N)ncc(Cl)c32)C1. The molecule has 4 heterocycles. The fourth-order valence-electron chi connectivity index (χ4n) is 3.61. The van der Waals surface area contributed by atoms with E-state index in [0.29, 0.717) is 30.4 Å². The van der Waals surface area contributed by atoms with Crippen molar-refractivity contribution in [1.29, 1.82) is 0 Å². The number of anilines is 1. The molecule has 1 atom stereocenters. The summed E-state index contributed by atoms with van der Waals surface area (Å²) in [5, 5.41) is 5.16. The lowest BCUT2D eigenvalue weighted by Gasteiger charge is -2.15. The molecule has 0 spiro atoms. The summed E-state index contributed by atoms with van der Waals surface area (Å²) < 4.78 is 35.0. The number of rotatable bonds is 3. The van der Waals surface area contributed by atoms with Crippen molar-refractivity contribution >= 4 is 34.2 Å². The van der Waals surface area contributed by atoms with E-state index in [1.165, 1.54) is 19.4 Å². The Morgan fingerprint density at radius 3 is 2.88 bits per heavy atom. The number of nitrogen functional groups attached to an aromatic ring is 1. The third-order valence-corrected chi connectivity index (χ3v) is 5.42. The molecule has 0 aliphatic carbocycles. The van der Waals surface area contributed by atoms with Crippen LogP contribution in [-0.4, -0.2) is 50.8 Å². The molecule has 0 radical (unpaired) electrons. The molecule has 2 N–H and O–H groups in total. The normalized spacial score (nSPS) is 15.5. The van der Waals surface area contributed by atoms with Crippen LogP contribution in [0.1, 0.15) is 23.7 Å². The maximum atomic E-state index is 14.4. The summed E-state index contributed by atoms with van der Waals surface area (Å²) in [4.78, 5) is 21.2. The van der Waals surface area contributed by atoms with Gasteiger partial charge in [0.1, 0.15) is 17.1 Å². The van der Waals surface area contributed by atoms with Gasteiger partial charge in [-0.2, -0.15) is 9.49 Å². The summed E-state index contributed by atoms with van der Waals surface area (Å²) in [7, 11) is 1.21. The van der Waals surface area contributed by atoms with Crippen LogP contribution in [0.2, 0.25) is 5.02 Å². The van der Waals surface area contributed by atoms with Gasteiger partial charge in [-0.3, -0.25) is 9.48 Å². The van der Waals surface area contributed by atoms with E-state index in [1.807, 2.05) is 0 Å². The Balaban J connectivity index is 1.84. The molecule has 32 heavy (non-hydrogen) atoms. The summed E-state index contributed by atoms with van der Waals surface area (Å²) in [6, 6.07) is -0.203. The van der Waals surface area contributed by atoms with E-state index in [9.17, 15) is 13.6 Å². The molecule has 164 valence electrons. The minimum absolute atomic E-state index is 0.116. The van der Waals surface area contributed by atoms with E-state index < -0.39 is 17.2 Å². The van der Waals surface area contributed by atoms with Gasteiger partial charge in [-0.15, -0.1) is 0 Å².